The number of rotatable bonds is 12. The molecular formula is C34H41F4N3O4S. The standard InChI is InChI=1S/C34H41F4N3O4S/c1-4-11-24-18-27(31(35)29(20-24)41-16-8-9-17-46(41,44)45)32(43)40-28(19-23-12-6-5-7-13-23)30(42)22-39-33(2,3)25-14-10-15-26(21-25)34(36,37)38/h5-7,10,12-15,18,20-21,28,30,39,42H,4,8-9,11,16-17,19,22H2,1-3H3,(H,40,43)/t28-,30+/m0/s1. The first kappa shape index (κ1) is 35.4. The summed E-state index contributed by atoms with van der Waals surface area (Å²) in [6.45, 7) is 5.28. The third-order valence-electron chi connectivity index (χ3n) is 8.26. The Morgan fingerprint density at radius 2 is 1.67 bits per heavy atom. The Kier molecular flexibility index (Phi) is 11.2. The van der Waals surface area contributed by atoms with Crippen molar-refractivity contribution in [2.45, 2.75) is 76.7 Å². The van der Waals surface area contributed by atoms with Gasteiger partial charge >= 0.3 is 6.18 Å². The van der Waals surface area contributed by atoms with Crippen molar-refractivity contribution in [3.8, 4) is 0 Å². The maximum Gasteiger partial charge on any atom is 0.416 e. The summed E-state index contributed by atoms with van der Waals surface area (Å²) in [5.41, 5.74) is -0.533. The fourth-order valence-electron chi connectivity index (χ4n) is 5.59. The number of carbonyl (C=O) groups excluding carboxylic acids is 1. The Morgan fingerprint density at radius 3 is 2.33 bits per heavy atom. The number of alkyl halides is 3. The molecule has 1 heterocycles. The van der Waals surface area contributed by atoms with E-state index >= 15 is 4.39 Å². The molecule has 0 saturated carbocycles. The highest BCUT2D eigenvalue weighted by Crippen LogP contribution is 2.33. The highest BCUT2D eigenvalue weighted by Gasteiger charge is 2.34. The number of aliphatic hydroxyl groups is 1. The fraction of sp³-hybridized carbons (Fsp3) is 0.441. The van der Waals surface area contributed by atoms with E-state index in [4.69, 9.17) is 0 Å². The normalized spacial score (nSPS) is 16.6. The fourth-order valence-corrected chi connectivity index (χ4v) is 7.22. The van der Waals surface area contributed by atoms with E-state index in [0.29, 0.717) is 36.8 Å². The van der Waals surface area contributed by atoms with Crippen LogP contribution >= 0.6 is 0 Å². The van der Waals surface area contributed by atoms with Crippen LogP contribution in [0.25, 0.3) is 0 Å². The second kappa shape index (κ2) is 14.5. The minimum Gasteiger partial charge on any atom is -0.390 e. The summed E-state index contributed by atoms with van der Waals surface area (Å²) in [4.78, 5) is 13.7. The van der Waals surface area contributed by atoms with Crippen molar-refractivity contribution >= 4 is 21.6 Å². The van der Waals surface area contributed by atoms with Gasteiger partial charge in [0.1, 0.15) is 0 Å². The summed E-state index contributed by atoms with van der Waals surface area (Å²) in [6.07, 6.45) is -3.37. The van der Waals surface area contributed by atoms with Gasteiger partial charge in [0, 0.05) is 18.6 Å². The van der Waals surface area contributed by atoms with Gasteiger partial charge in [-0.25, -0.2) is 12.8 Å². The highest BCUT2D eigenvalue weighted by atomic mass is 32.2. The van der Waals surface area contributed by atoms with Crippen molar-refractivity contribution < 1.29 is 35.9 Å². The van der Waals surface area contributed by atoms with Crippen molar-refractivity contribution in [2.24, 2.45) is 0 Å². The predicted molar refractivity (Wildman–Crippen MR) is 171 cm³/mol. The van der Waals surface area contributed by atoms with E-state index in [0.717, 1.165) is 22.0 Å². The second-order valence-corrected chi connectivity index (χ2v) is 14.3. The predicted octanol–water partition coefficient (Wildman–Crippen LogP) is 5.95. The number of carbonyl (C=O) groups is 1. The molecule has 0 bridgehead atoms. The van der Waals surface area contributed by atoms with E-state index in [1.807, 2.05) is 25.1 Å². The summed E-state index contributed by atoms with van der Waals surface area (Å²) < 4.78 is 82.8. The van der Waals surface area contributed by atoms with Crippen molar-refractivity contribution in [3.63, 3.8) is 0 Å². The van der Waals surface area contributed by atoms with Crippen LogP contribution in [0, 0.1) is 5.82 Å². The first-order valence-corrected chi connectivity index (χ1v) is 17.0. The average Bonchev–Trinajstić information content (AvgIpc) is 3.00. The molecule has 0 unspecified atom stereocenters. The number of benzene rings is 3. The smallest absolute Gasteiger partial charge is 0.390 e. The van der Waals surface area contributed by atoms with Crippen LogP contribution in [-0.4, -0.2) is 50.4 Å². The van der Waals surface area contributed by atoms with Gasteiger partial charge in [0.15, 0.2) is 5.82 Å². The molecule has 0 radical (unpaired) electrons. The topological polar surface area (TPSA) is 98.7 Å². The number of aliphatic hydroxyl groups excluding tert-OH is 1. The largest absolute Gasteiger partial charge is 0.416 e. The van der Waals surface area contributed by atoms with Crippen LogP contribution in [0.15, 0.2) is 66.7 Å². The lowest BCUT2D eigenvalue weighted by molar-refractivity contribution is -0.137. The number of nitrogens with one attached hydrogen (secondary N) is 2. The zero-order valence-corrected chi connectivity index (χ0v) is 27.0. The molecule has 12 heteroatoms. The van der Waals surface area contributed by atoms with Gasteiger partial charge in [-0.3, -0.25) is 9.10 Å². The van der Waals surface area contributed by atoms with Crippen molar-refractivity contribution in [3.05, 3.63) is 100 Å². The van der Waals surface area contributed by atoms with Gasteiger partial charge in [0.05, 0.1) is 34.7 Å². The molecule has 1 amide bonds. The molecule has 0 aliphatic carbocycles. The van der Waals surface area contributed by atoms with Gasteiger partial charge < -0.3 is 15.7 Å². The Bertz CT molecular complexity index is 1610. The van der Waals surface area contributed by atoms with Crippen molar-refractivity contribution in [2.75, 3.05) is 23.1 Å². The zero-order valence-electron chi connectivity index (χ0n) is 26.2. The lowest BCUT2D eigenvalue weighted by Gasteiger charge is -2.32. The molecule has 1 aliphatic rings. The number of sulfonamides is 1. The molecule has 3 aromatic carbocycles. The van der Waals surface area contributed by atoms with Gasteiger partial charge in [-0.1, -0.05) is 55.8 Å². The maximum absolute atomic E-state index is 16.0. The van der Waals surface area contributed by atoms with Crippen LogP contribution < -0.4 is 14.9 Å². The van der Waals surface area contributed by atoms with E-state index < -0.39 is 51.2 Å². The maximum atomic E-state index is 16.0. The van der Waals surface area contributed by atoms with E-state index in [-0.39, 0.29) is 36.5 Å². The molecule has 4 rings (SSSR count). The van der Waals surface area contributed by atoms with Crippen molar-refractivity contribution in [1.82, 2.24) is 10.6 Å². The SMILES string of the molecule is CCCc1cc(C(=O)N[C@@H](Cc2ccccc2)[C@H](O)CNC(C)(C)c2cccc(C(F)(F)F)c2)c(F)c(N2CCCCS2(=O)=O)c1. The third kappa shape index (κ3) is 8.65. The van der Waals surface area contributed by atoms with Crippen LogP contribution in [0.3, 0.4) is 0 Å². The number of amides is 1. The molecule has 1 saturated heterocycles. The number of halogens is 4. The highest BCUT2D eigenvalue weighted by molar-refractivity contribution is 7.92. The molecule has 250 valence electrons. The molecule has 46 heavy (non-hydrogen) atoms. The molecule has 0 aromatic heterocycles. The summed E-state index contributed by atoms with van der Waals surface area (Å²) >= 11 is 0. The monoisotopic (exact) mass is 663 g/mol. The summed E-state index contributed by atoms with van der Waals surface area (Å²) in [7, 11) is -3.75. The lowest BCUT2D eigenvalue weighted by atomic mass is 9.92. The summed E-state index contributed by atoms with van der Waals surface area (Å²) in [5.74, 6) is -1.89. The van der Waals surface area contributed by atoms with E-state index in [9.17, 15) is 31.5 Å². The molecule has 2 atom stereocenters. The average molecular weight is 664 g/mol. The summed E-state index contributed by atoms with van der Waals surface area (Å²) in [5, 5.41) is 17.2. The van der Waals surface area contributed by atoms with E-state index in [2.05, 4.69) is 10.6 Å². The molecule has 0 spiro atoms. The molecular weight excluding hydrogens is 622 g/mol. The van der Waals surface area contributed by atoms with Crippen LogP contribution in [-0.2, 0) is 34.6 Å². The Morgan fingerprint density at radius 1 is 0.978 bits per heavy atom. The third-order valence-corrected chi connectivity index (χ3v) is 10.1. The number of hydrogen-bond donors (Lipinski definition) is 3. The van der Waals surface area contributed by atoms with E-state index in [1.165, 1.54) is 18.2 Å². The zero-order chi connectivity index (χ0) is 33.7. The van der Waals surface area contributed by atoms with Crippen LogP contribution in [0.5, 0.6) is 0 Å². The molecule has 1 fully saturated rings. The van der Waals surface area contributed by atoms with Gasteiger partial charge in [-0.2, -0.15) is 13.2 Å². The van der Waals surface area contributed by atoms with Crippen molar-refractivity contribution in [1.29, 1.82) is 0 Å². The molecule has 3 aromatic rings. The first-order chi connectivity index (χ1) is 21.6. The van der Waals surface area contributed by atoms with Gasteiger partial charge in [-0.15, -0.1) is 0 Å². The minimum absolute atomic E-state index is 0.110. The summed E-state index contributed by atoms with van der Waals surface area (Å²) in [6, 6.07) is 15.9. The molecule has 1 aliphatic heterocycles. The Hall–Kier alpha value is -3.48. The van der Waals surface area contributed by atoms with Crippen LogP contribution in [0.1, 0.15) is 72.6 Å². The molecule has 7 nitrogen and oxygen atoms in total. The number of hydrogen-bond acceptors (Lipinski definition) is 5. The van der Waals surface area contributed by atoms with Gasteiger partial charge in [-0.05, 0) is 80.5 Å². The van der Waals surface area contributed by atoms with Crippen LogP contribution in [0.4, 0.5) is 23.2 Å². The van der Waals surface area contributed by atoms with Gasteiger partial charge in [0.25, 0.3) is 5.91 Å². The minimum atomic E-state index is -4.52. The Labute approximate surface area is 268 Å². The van der Waals surface area contributed by atoms with Gasteiger partial charge in [0.2, 0.25) is 10.0 Å². The number of nitrogens with zero attached hydrogens (tertiary/aromatic N) is 1. The first-order valence-electron chi connectivity index (χ1n) is 15.4. The van der Waals surface area contributed by atoms with E-state index in [1.54, 1.807) is 32.0 Å². The number of anilines is 1. The molecule has 3 N–H and O–H groups in total. The quantitative estimate of drug-likeness (QED) is 0.208. The second-order valence-electron chi connectivity index (χ2n) is 12.2. The lowest BCUT2D eigenvalue weighted by Crippen LogP contribution is -2.51. The number of aryl methyl sites for hydroxylation is 1. The Balaban J connectivity index is 1.61. The van der Waals surface area contributed by atoms with Crippen LogP contribution in [0.2, 0.25) is 0 Å².